The monoisotopic (exact) mass is 215 g/mol. The zero-order chi connectivity index (χ0) is 11.0. The molecule has 2 aromatic rings. The van der Waals surface area contributed by atoms with Crippen molar-refractivity contribution in [1.29, 1.82) is 0 Å². The first-order valence-corrected chi connectivity index (χ1v) is 6.05. The van der Waals surface area contributed by atoms with Gasteiger partial charge in [0.1, 0.15) is 5.82 Å². The summed E-state index contributed by atoms with van der Waals surface area (Å²) in [5.74, 6) is 1.85. The highest BCUT2D eigenvalue weighted by Gasteiger charge is 2.21. The predicted octanol–water partition coefficient (Wildman–Crippen LogP) is 2.45. The fourth-order valence-corrected chi connectivity index (χ4v) is 2.77. The van der Waals surface area contributed by atoms with Crippen molar-refractivity contribution in [2.75, 3.05) is 0 Å². The first-order chi connectivity index (χ1) is 7.90. The first-order valence-electron chi connectivity index (χ1n) is 6.05. The van der Waals surface area contributed by atoms with Gasteiger partial charge in [-0.1, -0.05) is 18.9 Å². The van der Waals surface area contributed by atoms with E-state index < -0.39 is 0 Å². The van der Waals surface area contributed by atoms with E-state index in [1.54, 1.807) is 0 Å². The minimum Gasteiger partial charge on any atom is -0.325 e. The summed E-state index contributed by atoms with van der Waals surface area (Å²) in [6, 6.07) is 6.25. The maximum absolute atomic E-state index is 5.79. The Morgan fingerprint density at radius 3 is 2.88 bits per heavy atom. The normalized spacial score (nSPS) is 17.3. The quantitative estimate of drug-likeness (QED) is 0.836. The van der Waals surface area contributed by atoms with Crippen LogP contribution in [0.25, 0.3) is 5.52 Å². The summed E-state index contributed by atoms with van der Waals surface area (Å²) in [7, 11) is 0. The van der Waals surface area contributed by atoms with E-state index in [9.17, 15) is 0 Å². The Kier molecular flexibility index (Phi) is 2.40. The maximum Gasteiger partial charge on any atom is 0.116 e. The average Bonchev–Trinajstić information content (AvgIpc) is 2.96. The Hall–Kier alpha value is -1.35. The van der Waals surface area contributed by atoms with Crippen LogP contribution in [-0.4, -0.2) is 9.38 Å². The lowest BCUT2D eigenvalue weighted by Crippen LogP contribution is -2.08. The summed E-state index contributed by atoms with van der Waals surface area (Å²) in [5, 5.41) is 0. The van der Waals surface area contributed by atoms with Crippen molar-refractivity contribution in [3.05, 3.63) is 35.9 Å². The van der Waals surface area contributed by atoms with Crippen molar-refractivity contribution >= 4 is 5.52 Å². The van der Waals surface area contributed by atoms with E-state index in [0.717, 1.165) is 5.69 Å². The minimum absolute atomic E-state index is 0.577. The van der Waals surface area contributed by atoms with Gasteiger partial charge in [-0.3, -0.25) is 4.40 Å². The van der Waals surface area contributed by atoms with Gasteiger partial charge in [-0.15, -0.1) is 0 Å². The van der Waals surface area contributed by atoms with Crippen LogP contribution in [0.3, 0.4) is 0 Å². The molecule has 0 atom stereocenters. The molecular formula is C13H17N3. The Morgan fingerprint density at radius 2 is 2.12 bits per heavy atom. The molecule has 0 spiro atoms. The van der Waals surface area contributed by atoms with E-state index in [4.69, 9.17) is 5.73 Å². The average molecular weight is 215 g/mol. The molecule has 1 saturated carbocycles. The zero-order valence-corrected chi connectivity index (χ0v) is 9.39. The largest absolute Gasteiger partial charge is 0.325 e. The number of aromatic nitrogens is 2. The van der Waals surface area contributed by atoms with Crippen LogP contribution in [0.2, 0.25) is 0 Å². The number of hydrogen-bond donors (Lipinski definition) is 1. The molecule has 3 heteroatoms. The van der Waals surface area contributed by atoms with Gasteiger partial charge in [0.2, 0.25) is 0 Å². The van der Waals surface area contributed by atoms with Crippen molar-refractivity contribution in [3.8, 4) is 0 Å². The number of fused-ring (bicyclic) bond motifs is 1. The number of rotatable bonds is 2. The minimum atomic E-state index is 0.577. The van der Waals surface area contributed by atoms with Crippen molar-refractivity contribution in [2.24, 2.45) is 5.73 Å². The number of pyridine rings is 1. The highest BCUT2D eigenvalue weighted by atomic mass is 15.0. The molecule has 2 N–H and O–H groups in total. The molecule has 2 aromatic heterocycles. The molecule has 0 saturated heterocycles. The van der Waals surface area contributed by atoms with Crippen LogP contribution in [0.4, 0.5) is 0 Å². The fraction of sp³-hybridized carbons (Fsp3) is 0.462. The second-order valence-corrected chi connectivity index (χ2v) is 4.58. The lowest BCUT2D eigenvalue weighted by Gasteiger charge is -2.11. The van der Waals surface area contributed by atoms with E-state index in [1.165, 1.54) is 37.0 Å². The molecule has 0 aromatic carbocycles. The maximum atomic E-state index is 5.79. The molecule has 84 valence electrons. The lowest BCUT2D eigenvalue weighted by atomic mass is 10.1. The third kappa shape index (κ3) is 1.43. The Balaban J connectivity index is 2.16. The van der Waals surface area contributed by atoms with E-state index in [0.29, 0.717) is 12.5 Å². The molecule has 0 radical (unpaired) electrons. The third-order valence-corrected chi connectivity index (χ3v) is 3.59. The molecule has 0 aliphatic heterocycles. The third-order valence-electron chi connectivity index (χ3n) is 3.59. The van der Waals surface area contributed by atoms with Crippen LogP contribution in [0.15, 0.2) is 24.4 Å². The molecule has 3 nitrogen and oxygen atoms in total. The van der Waals surface area contributed by atoms with Gasteiger partial charge in [0, 0.05) is 18.2 Å². The van der Waals surface area contributed by atoms with E-state index in [2.05, 4.69) is 27.6 Å². The van der Waals surface area contributed by atoms with Crippen LogP contribution in [0, 0.1) is 0 Å². The SMILES string of the molecule is NCc1cccc2cnc(C3CCCC3)n12. The molecule has 1 aliphatic rings. The standard InChI is InChI=1S/C13H17N3/c14-8-11-6-3-7-12-9-15-13(16(11)12)10-4-1-2-5-10/h3,6-7,9-10H,1-2,4-5,8,14H2. The zero-order valence-electron chi connectivity index (χ0n) is 9.39. The Morgan fingerprint density at radius 1 is 1.31 bits per heavy atom. The van der Waals surface area contributed by atoms with Gasteiger partial charge in [0.25, 0.3) is 0 Å². The molecule has 3 rings (SSSR count). The first kappa shape index (κ1) is 9.85. The molecule has 16 heavy (non-hydrogen) atoms. The summed E-state index contributed by atoms with van der Waals surface area (Å²) >= 11 is 0. The summed E-state index contributed by atoms with van der Waals surface area (Å²) < 4.78 is 2.25. The number of nitrogens with two attached hydrogens (primary N) is 1. The van der Waals surface area contributed by atoms with Crippen LogP contribution in [0.5, 0.6) is 0 Å². The molecule has 1 fully saturated rings. The molecule has 0 amide bonds. The number of nitrogens with zero attached hydrogens (tertiary/aromatic N) is 2. The highest BCUT2D eigenvalue weighted by molar-refractivity contribution is 5.48. The lowest BCUT2D eigenvalue weighted by molar-refractivity contribution is 0.657. The van der Waals surface area contributed by atoms with Gasteiger partial charge in [-0.05, 0) is 25.0 Å². The van der Waals surface area contributed by atoms with Gasteiger partial charge >= 0.3 is 0 Å². The molecular weight excluding hydrogens is 198 g/mol. The predicted molar refractivity (Wildman–Crippen MR) is 64.3 cm³/mol. The van der Waals surface area contributed by atoms with E-state index >= 15 is 0 Å². The topological polar surface area (TPSA) is 43.3 Å². The van der Waals surface area contributed by atoms with Gasteiger partial charge in [0.05, 0.1) is 11.7 Å². The molecule has 0 unspecified atom stereocenters. The number of imidazole rings is 1. The summed E-state index contributed by atoms with van der Waals surface area (Å²) in [6.45, 7) is 0.577. The van der Waals surface area contributed by atoms with Crippen LogP contribution in [-0.2, 0) is 6.54 Å². The van der Waals surface area contributed by atoms with Gasteiger partial charge < -0.3 is 5.73 Å². The Labute approximate surface area is 95.3 Å². The van der Waals surface area contributed by atoms with Crippen molar-refractivity contribution in [3.63, 3.8) is 0 Å². The van der Waals surface area contributed by atoms with Gasteiger partial charge in [-0.2, -0.15) is 0 Å². The van der Waals surface area contributed by atoms with Crippen LogP contribution >= 0.6 is 0 Å². The summed E-state index contributed by atoms with van der Waals surface area (Å²) in [5.41, 5.74) is 8.13. The summed E-state index contributed by atoms with van der Waals surface area (Å²) in [6.07, 6.45) is 7.19. The second-order valence-electron chi connectivity index (χ2n) is 4.58. The molecule has 0 bridgehead atoms. The Bertz CT molecular complexity index is 495. The van der Waals surface area contributed by atoms with Gasteiger partial charge in [0.15, 0.2) is 0 Å². The van der Waals surface area contributed by atoms with Crippen LogP contribution < -0.4 is 5.73 Å². The second kappa shape index (κ2) is 3.91. The summed E-state index contributed by atoms with van der Waals surface area (Å²) in [4.78, 5) is 4.59. The van der Waals surface area contributed by atoms with Gasteiger partial charge in [-0.25, -0.2) is 4.98 Å². The van der Waals surface area contributed by atoms with E-state index in [1.807, 2.05) is 6.20 Å². The smallest absolute Gasteiger partial charge is 0.116 e. The van der Waals surface area contributed by atoms with Crippen molar-refractivity contribution in [2.45, 2.75) is 38.1 Å². The molecule has 1 aliphatic carbocycles. The van der Waals surface area contributed by atoms with Crippen molar-refractivity contribution < 1.29 is 0 Å². The fourth-order valence-electron chi connectivity index (χ4n) is 2.77. The highest BCUT2D eigenvalue weighted by Crippen LogP contribution is 2.33. The van der Waals surface area contributed by atoms with Crippen LogP contribution in [0.1, 0.15) is 43.1 Å². The van der Waals surface area contributed by atoms with Crippen molar-refractivity contribution in [1.82, 2.24) is 9.38 Å². The van der Waals surface area contributed by atoms with E-state index in [-0.39, 0.29) is 0 Å². The number of hydrogen-bond acceptors (Lipinski definition) is 2. The molecule has 2 heterocycles.